The van der Waals surface area contributed by atoms with Crippen molar-refractivity contribution in [3.8, 4) is 12.1 Å². The van der Waals surface area contributed by atoms with Crippen LogP contribution < -0.4 is 10.6 Å². The van der Waals surface area contributed by atoms with Gasteiger partial charge in [-0.3, -0.25) is 0 Å². The minimum Gasteiger partial charge on any atom is -0.360 e. The Kier molecular flexibility index (Phi) is 3.22. The molecule has 4 nitrogen and oxygen atoms in total. The summed E-state index contributed by atoms with van der Waals surface area (Å²) in [5.74, 6) is 0. The first kappa shape index (κ1) is 11.4. The van der Waals surface area contributed by atoms with Gasteiger partial charge < -0.3 is 10.6 Å². The Labute approximate surface area is 105 Å². The molecule has 0 atom stereocenters. The van der Waals surface area contributed by atoms with E-state index in [1.54, 1.807) is 18.2 Å². The van der Waals surface area contributed by atoms with Gasteiger partial charge in [-0.15, -0.1) is 0 Å². The normalized spacial score (nSPS) is 13.3. The van der Waals surface area contributed by atoms with Gasteiger partial charge in [0.05, 0.1) is 11.1 Å². The second kappa shape index (κ2) is 4.82. The van der Waals surface area contributed by atoms with E-state index in [2.05, 4.69) is 10.6 Å². The Morgan fingerprint density at radius 1 is 1.24 bits per heavy atom. The summed E-state index contributed by atoms with van der Waals surface area (Å²) in [5.41, 5.74) is 1.45. The molecule has 0 heterocycles. The van der Waals surface area contributed by atoms with E-state index in [0.717, 1.165) is 18.5 Å². The van der Waals surface area contributed by atoms with Crippen molar-refractivity contribution < 1.29 is 0 Å². The monoisotopic (exact) mass is 242 g/mol. The molecule has 1 aliphatic rings. The van der Waals surface area contributed by atoms with E-state index in [9.17, 15) is 0 Å². The third kappa shape index (κ3) is 2.93. The molecule has 0 spiro atoms. The molecular weight excluding hydrogens is 232 g/mol. The molecule has 0 aromatic heterocycles. The van der Waals surface area contributed by atoms with Crippen LogP contribution in [0.5, 0.6) is 0 Å². The van der Waals surface area contributed by atoms with Crippen LogP contribution in [-0.2, 0) is 0 Å². The van der Waals surface area contributed by atoms with Gasteiger partial charge in [0, 0.05) is 11.7 Å². The van der Waals surface area contributed by atoms with Gasteiger partial charge in [0.25, 0.3) is 0 Å². The van der Waals surface area contributed by atoms with Crippen molar-refractivity contribution in [2.45, 2.75) is 18.9 Å². The number of nitrogens with one attached hydrogen (secondary N) is 2. The number of thiocarbonyl (C=S) groups is 1. The molecule has 5 heteroatoms. The zero-order valence-electron chi connectivity index (χ0n) is 9.03. The van der Waals surface area contributed by atoms with E-state index in [4.69, 9.17) is 22.7 Å². The zero-order chi connectivity index (χ0) is 12.3. The summed E-state index contributed by atoms with van der Waals surface area (Å²) < 4.78 is 0. The van der Waals surface area contributed by atoms with Gasteiger partial charge in [-0.2, -0.15) is 10.5 Å². The van der Waals surface area contributed by atoms with E-state index in [1.165, 1.54) is 0 Å². The Bertz CT molecular complexity index is 534. The summed E-state index contributed by atoms with van der Waals surface area (Å²) in [6.07, 6.45) is 2.30. The lowest BCUT2D eigenvalue weighted by Gasteiger charge is -2.09. The van der Waals surface area contributed by atoms with Crippen molar-refractivity contribution in [3.63, 3.8) is 0 Å². The van der Waals surface area contributed by atoms with E-state index in [0.29, 0.717) is 22.3 Å². The molecule has 0 bridgehead atoms. The van der Waals surface area contributed by atoms with E-state index >= 15 is 0 Å². The summed E-state index contributed by atoms with van der Waals surface area (Å²) in [6, 6.07) is 9.42. The predicted molar refractivity (Wildman–Crippen MR) is 68.3 cm³/mol. The van der Waals surface area contributed by atoms with Crippen LogP contribution in [0.3, 0.4) is 0 Å². The number of benzene rings is 1. The van der Waals surface area contributed by atoms with Crippen molar-refractivity contribution in [2.24, 2.45) is 0 Å². The highest BCUT2D eigenvalue weighted by molar-refractivity contribution is 7.80. The molecule has 0 saturated heterocycles. The highest BCUT2D eigenvalue weighted by atomic mass is 32.1. The van der Waals surface area contributed by atoms with Crippen molar-refractivity contribution in [1.29, 1.82) is 10.5 Å². The van der Waals surface area contributed by atoms with Gasteiger partial charge in [0.15, 0.2) is 5.11 Å². The molecule has 1 aromatic carbocycles. The molecule has 1 saturated carbocycles. The van der Waals surface area contributed by atoms with Gasteiger partial charge >= 0.3 is 0 Å². The fourth-order valence-electron chi connectivity index (χ4n) is 1.39. The summed E-state index contributed by atoms with van der Waals surface area (Å²) >= 11 is 5.12. The van der Waals surface area contributed by atoms with E-state index in [-0.39, 0.29) is 0 Å². The number of rotatable bonds is 2. The SMILES string of the molecule is N#Cc1ccc(NC(=S)NC2CC2)cc1C#N. The number of nitriles is 2. The fraction of sp³-hybridized carbons (Fsp3) is 0.250. The Hall–Kier alpha value is -2.11. The second-order valence-corrected chi connectivity index (χ2v) is 4.26. The topological polar surface area (TPSA) is 71.6 Å². The van der Waals surface area contributed by atoms with Crippen molar-refractivity contribution >= 4 is 23.0 Å². The molecule has 0 unspecified atom stereocenters. The van der Waals surface area contributed by atoms with Crippen molar-refractivity contribution in [3.05, 3.63) is 29.3 Å². The maximum Gasteiger partial charge on any atom is 0.170 e. The molecular formula is C12H10N4S. The molecule has 2 rings (SSSR count). The Morgan fingerprint density at radius 2 is 1.94 bits per heavy atom. The van der Waals surface area contributed by atoms with Crippen LogP contribution in [0, 0.1) is 22.7 Å². The van der Waals surface area contributed by atoms with Crippen molar-refractivity contribution in [1.82, 2.24) is 5.32 Å². The smallest absolute Gasteiger partial charge is 0.170 e. The first-order valence-electron chi connectivity index (χ1n) is 5.24. The van der Waals surface area contributed by atoms with Gasteiger partial charge in [0.2, 0.25) is 0 Å². The third-order valence-electron chi connectivity index (χ3n) is 2.43. The average molecular weight is 242 g/mol. The first-order valence-corrected chi connectivity index (χ1v) is 5.65. The number of hydrogen-bond donors (Lipinski definition) is 2. The lowest BCUT2D eigenvalue weighted by Crippen LogP contribution is -2.30. The molecule has 2 N–H and O–H groups in total. The Balaban J connectivity index is 2.08. The minimum atomic E-state index is 0.353. The number of anilines is 1. The number of nitrogens with zero attached hydrogens (tertiary/aromatic N) is 2. The molecule has 17 heavy (non-hydrogen) atoms. The van der Waals surface area contributed by atoms with Crippen molar-refractivity contribution in [2.75, 3.05) is 5.32 Å². The van der Waals surface area contributed by atoms with Gasteiger partial charge in [-0.25, -0.2) is 0 Å². The van der Waals surface area contributed by atoms with Crippen LogP contribution in [0.1, 0.15) is 24.0 Å². The van der Waals surface area contributed by atoms with Crippen LogP contribution in [-0.4, -0.2) is 11.2 Å². The summed E-state index contributed by atoms with van der Waals surface area (Å²) in [7, 11) is 0. The predicted octanol–water partition coefficient (Wildman–Crippen LogP) is 1.88. The van der Waals surface area contributed by atoms with Crippen LogP contribution in [0.2, 0.25) is 0 Å². The second-order valence-electron chi connectivity index (χ2n) is 3.86. The Morgan fingerprint density at radius 3 is 2.53 bits per heavy atom. The molecule has 0 amide bonds. The van der Waals surface area contributed by atoms with Gasteiger partial charge in [-0.05, 0) is 43.3 Å². The molecule has 0 radical (unpaired) electrons. The molecule has 0 aliphatic heterocycles. The first-order chi connectivity index (χ1) is 8.22. The maximum atomic E-state index is 8.89. The highest BCUT2D eigenvalue weighted by Crippen LogP contribution is 2.19. The lowest BCUT2D eigenvalue weighted by molar-refractivity contribution is 0.919. The molecule has 84 valence electrons. The van der Waals surface area contributed by atoms with Crippen LogP contribution in [0.4, 0.5) is 5.69 Å². The summed E-state index contributed by atoms with van der Waals surface area (Å²) in [5, 5.41) is 24.4. The molecule has 1 fully saturated rings. The summed E-state index contributed by atoms with van der Waals surface area (Å²) in [4.78, 5) is 0. The number of hydrogen-bond acceptors (Lipinski definition) is 3. The van der Waals surface area contributed by atoms with Gasteiger partial charge in [0.1, 0.15) is 12.1 Å². The lowest BCUT2D eigenvalue weighted by atomic mass is 10.1. The fourth-order valence-corrected chi connectivity index (χ4v) is 1.68. The molecule has 1 aromatic rings. The zero-order valence-corrected chi connectivity index (χ0v) is 9.84. The summed E-state index contributed by atoms with van der Waals surface area (Å²) in [6.45, 7) is 0. The maximum absolute atomic E-state index is 8.89. The van der Waals surface area contributed by atoms with E-state index < -0.39 is 0 Å². The molecule has 1 aliphatic carbocycles. The van der Waals surface area contributed by atoms with Crippen LogP contribution in [0.25, 0.3) is 0 Å². The quantitative estimate of drug-likeness (QED) is 0.775. The highest BCUT2D eigenvalue weighted by Gasteiger charge is 2.21. The third-order valence-corrected chi connectivity index (χ3v) is 2.65. The van der Waals surface area contributed by atoms with E-state index in [1.807, 2.05) is 12.1 Å². The van der Waals surface area contributed by atoms with Crippen LogP contribution in [0.15, 0.2) is 18.2 Å². The van der Waals surface area contributed by atoms with Gasteiger partial charge in [-0.1, -0.05) is 0 Å². The minimum absolute atomic E-state index is 0.353. The van der Waals surface area contributed by atoms with Crippen LogP contribution >= 0.6 is 12.2 Å². The standard InChI is InChI=1S/C12H10N4S/c13-6-8-1-2-11(5-9(8)7-14)16-12(17)15-10-3-4-10/h1-2,5,10H,3-4H2,(H2,15,16,17). The average Bonchev–Trinajstić information content (AvgIpc) is 3.12. The largest absolute Gasteiger partial charge is 0.360 e.